The number of aromatic nitrogens is 3. The molecule has 0 radical (unpaired) electrons. The molecule has 0 N–H and O–H groups in total. The Morgan fingerprint density at radius 3 is 2.95 bits per heavy atom. The van der Waals surface area contributed by atoms with Gasteiger partial charge in [0, 0.05) is 42.9 Å². The number of thiazole rings is 1. The molecule has 2 saturated heterocycles. The van der Waals surface area contributed by atoms with E-state index in [1.165, 1.54) is 11.3 Å². The second-order valence-electron chi connectivity index (χ2n) is 5.89. The molecule has 1 atom stereocenters. The highest BCUT2D eigenvalue weighted by atomic mass is 32.1. The van der Waals surface area contributed by atoms with E-state index in [1.54, 1.807) is 23.8 Å². The third-order valence-corrected chi connectivity index (χ3v) is 5.23. The van der Waals surface area contributed by atoms with Crippen LogP contribution in [-0.2, 0) is 4.74 Å². The molecule has 2 aliphatic heterocycles. The van der Waals surface area contributed by atoms with E-state index in [4.69, 9.17) is 4.74 Å². The molecule has 0 bridgehead atoms. The summed E-state index contributed by atoms with van der Waals surface area (Å²) in [5.74, 6) is 0.566. The monoisotopic (exact) mass is 316 g/mol. The number of carbonyl (C=O) groups is 1. The Kier molecular flexibility index (Phi) is 3.38. The summed E-state index contributed by atoms with van der Waals surface area (Å²) in [7, 11) is 0. The van der Waals surface area contributed by atoms with Gasteiger partial charge in [0.2, 0.25) is 0 Å². The second kappa shape index (κ2) is 5.40. The lowest BCUT2D eigenvalue weighted by molar-refractivity contribution is 0.0761. The summed E-state index contributed by atoms with van der Waals surface area (Å²) in [6.45, 7) is 3.16. The van der Waals surface area contributed by atoms with Gasteiger partial charge in [-0.25, -0.2) is 15.0 Å². The molecule has 2 fully saturated rings. The van der Waals surface area contributed by atoms with Gasteiger partial charge in [-0.3, -0.25) is 4.79 Å². The molecule has 0 saturated carbocycles. The van der Waals surface area contributed by atoms with Crippen LogP contribution in [0.4, 0.5) is 0 Å². The lowest BCUT2D eigenvalue weighted by Gasteiger charge is -2.21. The molecule has 2 aliphatic rings. The average Bonchev–Trinajstić information content (AvgIpc) is 3.30. The first-order chi connectivity index (χ1) is 10.8. The highest BCUT2D eigenvalue weighted by Gasteiger charge is 2.43. The van der Waals surface area contributed by atoms with Crippen molar-refractivity contribution in [3.8, 4) is 10.8 Å². The van der Waals surface area contributed by atoms with Gasteiger partial charge >= 0.3 is 0 Å². The van der Waals surface area contributed by atoms with E-state index in [1.807, 2.05) is 4.90 Å². The van der Waals surface area contributed by atoms with E-state index in [0.717, 1.165) is 39.1 Å². The van der Waals surface area contributed by atoms with Crippen LogP contribution in [0.2, 0.25) is 0 Å². The maximum absolute atomic E-state index is 12.6. The largest absolute Gasteiger partial charge is 0.381 e. The second-order valence-corrected chi connectivity index (χ2v) is 6.75. The molecule has 0 aliphatic carbocycles. The van der Waals surface area contributed by atoms with Crippen molar-refractivity contribution in [1.29, 1.82) is 0 Å². The topological polar surface area (TPSA) is 68.2 Å². The van der Waals surface area contributed by atoms with Crippen molar-refractivity contribution < 1.29 is 9.53 Å². The first-order valence-electron chi connectivity index (χ1n) is 7.36. The molecular weight excluding hydrogens is 300 g/mol. The highest BCUT2D eigenvalue weighted by molar-refractivity contribution is 7.13. The Morgan fingerprint density at radius 2 is 2.18 bits per heavy atom. The van der Waals surface area contributed by atoms with E-state index in [0.29, 0.717) is 16.5 Å². The predicted octanol–water partition coefficient (Wildman–Crippen LogP) is 1.85. The van der Waals surface area contributed by atoms with Gasteiger partial charge in [-0.1, -0.05) is 0 Å². The molecule has 7 heteroatoms. The average molecular weight is 316 g/mol. The molecular formula is C15H16N4O2S. The van der Waals surface area contributed by atoms with Gasteiger partial charge in [-0.05, 0) is 18.9 Å². The van der Waals surface area contributed by atoms with Crippen LogP contribution >= 0.6 is 11.3 Å². The summed E-state index contributed by atoms with van der Waals surface area (Å²) in [6, 6.07) is 1.76. The lowest BCUT2D eigenvalue weighted by Crippen LogP contribution is -2.32. The smallest absolute Gasteiger partial charge is 0.273 e. The lowest BCUT2D eigenvalue weighted by atomic mass is 9.87. The van der Waals surface area contributed by atoms with Crippen molar-refractivity contribution in [2.45, 2.75) is 12.8 Å². The van der Waals surface area contributed by atoms with Gasteiger partial charge in [0.15, 0.2) is 10.8 Å². The van der Waals surface area contributed by atoms with Crippen LogP contribution in [0.3, 0.4) is 0 Å². The van der Waals surface area contributed by atoms with Crippen LogP contribution in [0.15, 0.2) is 23.8 Å². The van der Waals surface area contributed by atoms with E-state index in [9.17, 15) is 4.79 Å². The summed E-state index contributed by atoms with van der Waals surface area (Å²) in [6.07, 6.45) is 5.43. The summed E-state index contributed by atoms with van der Waals surface area (Å²) >= 11 is 1.41. The highest BCUT2D eigenvalue weighted by Crippen LogP contribution is 2.38. The number of amides is 1. The Balaban J connectivity index is 1.51. The van der Waals surface area contributed by atoms with Gasteiger partial charge in [0.1, 0.15) is 5.69 Å². The number of carbonyl (C=O) groups excluding carboxylic acids is 1. The number of ether oxygens (including phenoxy) is 1. The van der Waals surface area contributed by atoms with Crippen LogP contribution in [0.5, 0.6) is 0 Å². The van der Waals surface area contributed by atoms with Crippen LogP contribution in [0.25, 0.3) is 10.8 Å². The first-order valence-corrected chi connectivity index (χ1v) is 8.24. The minimum absolute atomic E-state index is 0.00204. The maximum Gasteiger partial charge on any atom is 0.273 e. The zero-order valence-electron chi connectivity index (χ0n) is 12.1. The quantitative estimate of drug-likeness (QED) is 0.846. The standard InChI is InChI=1S/C15H16N4O2S/c20-14(19-6-2-15(9-19)3-7-21-10-15)11-8-22-13(18-11)12-16-4-1-5-17-12/h1,4-5,8H,2-3,6-7,9-10H2/t15-/m1/s1. The molecule has 0 aromatic carbocycles. The maximum atomic E-state index is 12.6. The molecule has 2 aromatic heterocycles. The number of likely N-dealkylation sites (tertiary alicyclic amines) is 1. The fourth-order valence-electron chi connectivity index (χ4n) is 3.13. The Hall–Kier alpha value is -1.86. The zero-order valence-corrected chi connectivity index (χ0v) is 12.9. The van der Waals surface area contributed by atoms with Crippen LogP contribution in [-0.4, -0.2) is 52.1 Å². The number of rotatable bonds is 2. The molecule has 1 spiro atoms. The van der Waals surface area contributed by atoms with Gasteiger partial charge in [0.25, 0.3) is 5.91 Å². The molecule has 4 rings (SSSR count). The first kappa shape index (κ1) is 13.8. The van der Waals surface area contributed by atoms with Crippen molar-refractivity contribution in [3.05, 3.63) is 29.5 Å². The van der Waals surface area contributed by atoms with E-state index < -0.39 is 0 Å². The van der Waals surface area contributed by atoms with Crippen LogP contribution in [0.1, 0.15) is 23.3 Å². The van der Waals surface area contributed by atoms with Crippen molar-refractivity contribution in [3.63, 3.8) is 0 Å². The molecule has 6 nitrogen and oxygen atoms in total. The van der Waals surface area contributed by atoms with Crippen LogP contribution in [0, 0.1) is 5.41 Å². The molecule has 4 heterocycles. The number of hydrogen-bond acceptors (Lipinski definition) is 6. The van der Waals surface area contributed by atoms with E-state index in [2.05, 4.69) is 15.0 Å². The van der Waals surface area contributed by atoms with E-state index in [-0.39, 0.29) is 11.3 Å². The van der Waals surface area contributed by atoms with Gasteiger partial charge < -0.3 is 9.64 Å². The van der Waals surface area contributed by atoms with Gasteiger partial charge in [-0.15, -0.1) is 11.3 Å². The van der Waals surface area contributed by atoms with Crippen molar-refractivity contribution >= 4 is 17.2 Å². The molecule has 22 heavy (non-hydrogen) atoms. The Bertz CT molecular complexity index is 682. The number of hydrogen-bond donors (Lipinski definition) is 0. The Morgan fingerprint density at radius 1 is 1.32 bits per heavy atom. The molecule has 114 valence electrons. The predicted molar refractivity (Wildman–Crippen MR) is 81.5 cm³/mol. The fraction of sp³-hybridized carbons (Fsp3) is 0.467. The summed E-state index contributed by atoms with van der Waals surface area (Å²) in [5, 5.41) is 2.48. The molecule has 0 unspecified atom stereocenters. The zero-order chi connectivity index (χ0) is 15.0. The third-order valence-electron chi connectivity index (χ3n) is 4.39. The Labute approximate surface area is 132 Å². The summed E-state index contributed by atoms with van der Waals surface area (Å²) < 4.78 is 5.51. The van der Waals surface area contributed by atoms with E-state index >= 15 is 0 Å². The minimum atomic E-state index is 0.00204. The van der Waals surface area contributed by atoms with Crippen LogP contribution < -0.4 is 0 Å². The van der Waals surface area contributed by atoms with Gasteiger partial charge in [-0.2, -0.15) is 0 Å². The molecule has 1 amide bonds. The van der Waals surface area contributed by atoms with Crippen molar-refractivity contribution in [1.82, 2.24) is 19.9 Å². The number of nitrogens with zero attached hydrogens (tertiary/aromatic N) is 4. The fourth-order valence-corrected chi connectivity index (χ4v) is 3.86. The summed E-state index contributed by atoms with van der Waals surface area (Å²) in [5.41, 5.74) is 0.667. The minimum Gasteiger partial charge on any atom is -0.381 e. The SMILES string of the molecule is O=C(c1csc(-c2ncccn2)n1)N1CC[C@@]2(CCOC2)C1. The molecule has 2 aromatic rings. The van der Waals surface area contributed by atoms with Gasteiger partial charge in [0.05, 0.1) is 6.61 Å². The van der Waals surface area contributed by atoms with Crippen molar-refractivity contribution in [2.24, 2.45) is 5.41 Å². The van der Waals surface area contributed by atoms with Crippen molar-refractivity contribution in [2.75, 3.05) is 26.3 Å². The summed E-state index contributed by atoms with van der Waals surface area (Å²) in [4.78, 5) is 27.3. The third kappa shape index (κ3) is 2.40. The normalized spacial score (nSPS) is 24.3.